The van der Waals surface area contributed by atoms with Crippen molar-refractivity contribution in [1.82, 2.24) is 19.6 Å². The number of nitrogens with zero attached hydrogens (tertiary/aromatic N) is 4. The zero-order valence-corrected chi connectivity index (χ0v) is 13.6. The first-order chi connectivity index (χ1) is 10.8. The van der Waals surface area contributed by atoms with E-state index in [1.54, 1.807) is 6.92 Å². The van der Waals surface area contributed by atoms with Crippen LogP contribution in [0.25, 0.3) is 5.65 Å². The van der Waals surface area contributed by atoms with Crippen molar-refractivity contribution in [2.24, 2.45) is 0 Å². The van der Waals surface area contributed by atoms with Crippen LogP contribution in [0.15, 0.2) is 21.8 Å². The van der Waals surface area contributed by atoms with Gasteiger partial charge in [-0.25, -0.2) is 4.98 Å². The largest absolute Gasteiger partial charge is 0.445 e. The van der Waals surface area contributed by atoms with Crippen molar-refractivity contribution in [1.29, 1.82) is 0 Å². The first-order valence-corrected chi connectivity index (χ1v) is 7.79. The molecule has 3 rings (SSSR count). The molecule has 0 N–H and O–H groups in total. The van der Waals surface area contributed by atoms with Crippen LogP contribution >= 0.6 is 23.4 Å². The molecule has 3 heterocycles. The Morgan fingerprint density at radius 1 is 1.30 bits per heavy atom. The topological polar surface area (TPSA) is 56.2 Å². The van der Waals surface area contributed by atoms with Gasteiger partial charge in [-0.05, 0) is 19.9 Å². The summed E-state index contributed by atoms with van der Waals surface area (Å²) in [6.07, 6.45) is -3.57. The number of rotatable bonds is 3. The van der Waals surface area contributed by atoms with Crippen LogP contribution in [-0.4, -0.2) is 19.6 Å². The SMILES string of the molecule is Cc1nc(CSc2nnc3c(Cl)cc(C(F)(F)F)cn23)oc1C. The van der Waals surface area contributed by atoms with E-state index < -0.39 is 11.7 Å². The molecule has 122 valence electrons. The van der Waals surface area contributed by atoms with Crippen molar-refractivity contribution in [3.8, 4) is 0 Å². The Hall–Kier alpha value is -1.74. The Balaban J connectivity index is 1.93. The molecule has 0 aliphatic carbocycles. The summed E-state index contributed by atoms with van der Waals surface area (Å²) in [5.74, 6) is 1.50. The molecule has 0 radical (unpaired) electrons. The lowest BCUT2D eigenvalue weighted by Gasteiger charge is -2.08. The van der Waals surface area contributed by atoms with Crippen molar-refractivity contribution in [2.45, 2.75) is 30.9 Å². The average Bonchev–Trinajstić information content (AvgIpc) is 3.00. The zero-order chi connectivity index (χ0) is 16.8. The van der Waals surface area contributed by atoms with Crippen molar-refractivity contribution < 1.29 is 17.6 Å². The second-order valence-corrected chi connectivity index (χ2v) is 6.14. The third-order valence-electron chi connectivity index (χ3n) is 3.15. The minimum atomic E-state index is -4.50. The van der Waals surface area contributed by atoms with E-state index in [0.717, 1.165) is 18.0 Å². The van der Waals surface area contributed by atoms with Crippen LogP contribution in [0.3, 0.4) is 0 Å². The number of aryl methyl sites for hydroxylation is 2. The Bertz CT molecular complexity index is 855. The Morgan fingerprint density at radius 2 is 2.04 bits per heavy atom. The molecule has 0 amide bonds. The molecular formula is C13H10ClF3N4OS. The molecule has 3 aromatic rings. The summed E-state index contributed by atoms with van der Waals surface area (Å²) in [7, 11) is 0. The maximum absolute atomic E-state index is 12.9. The van der Waals surface area contributed by atoms with Crippen molar-refractivity contribution in [2.75, 3.05) is 0 Å². The maximum atomic E-state index is 12.9. The monoisotopic (exact) mass is 362 g/mol. The van der Waals surface area contributed by atoms with E-state index in [9.17, 15) is 13.2 Å². The summed E-state index contributed by atoms with van der Waals surface area (Å²) in [5.41, 5.74) is 0.0792. The van der Waals surface area contributed by atoms with E-state index in [-0.39, 0.29) is 15.8 Å². The third kappa shape index (κ3) is 3.16. The molecule has 23 heavy (non-hydrogen) atoms. The van der Waals surface area contributed by atoms with E-state index in [4.69, 9.17) is 16.0 Å². The highest BCUT2D eigenvalue weighted by Gasteiger charge is 2.32. The predicted octanol–water partition coefficient (Wildman–Crippen LogP) is 4.30. The van der Waals surface area contributed by atoms with Gasteiger partial charge in [0.05, 0.1) is 22.0 Å². The molecule has 0 unspecified atom stereocenters. The smallest absolute Gasteiger partial charge is 0.417 e. The summed E-state index contributed by atoms with van der Waals surface area (Å²) in [6, 6.07) is 0.834. The molecule has 0 aliphatic heterocycles. The van der Waals surface area contributed by atoms with Crippen LogP contribution in [-0.2, 0) is 11.9 Å². The normalized spacial score (nSPS) is 12.3. The van der Waals surface area contributed by atoms with Crippen LogP contribution in [0.1, 0.15) is 22.9 Å². The molecule has 5 nitrogen and oxygen atoms in total. The molecule has 3 aromatic heterocycles. The van der Waals surface area contributed by atoms with E-state index >= 15 is 0 Å². The second-order valence-electron chi connectivity index (χ2n) is 4.79. The minimum Gasteiger partial charge on any atom is -0.445 e. The lowest BCUT2D eigenvalue weighted by molar-refractivity contribution is -0.137. The number of oxazole rings is 1. The molecule has 0 spiro atoms. The van der Waals surface area contributed by atoms with Crippen LogP contribution in [0, 0.1) is 13.8 Å². The second kappa shape index (κ2) is 5.72. The fourth-order valence-corrected chi connectivity index (χ4v) is 2.91. The minimum absolute atomic E-state index is 0.109. The van der Waals surface area contributed by atoms with Crippen LogP contribution < -0.4 is 0 Å². The average molecular weight is 363 g/mol. The summed E-state index contributed by atoms with van der Waals surface area (Å²) in [5, 5.41) is 7.87. The highest BCUT2D eigenvalue weighted by molar-refractivity contribution is 7.98. The van der Waals surface area contributed by atoms with Gasteiger partial charge in [-0.3, -0.25) is 4.40 Å². The highest BCUT2D eigenvalue weighted by Crippen LogP contribution is 2.33. The standard InChI is InChI=1S/C13H10ClF3N4OS/c1-6-7(2)22-10(18-6)5-23-12-20-19-11-9(14)3-8(4-21(11)12)13(15,16)17/h3-4H,5H2,1-2H3. The van der Waals surface area contributed by atoms with Gasteiger partial charge >= 0.3 is 6.18 Å². The first-order valence-electron chi connectivity index (χ1n) is 6.43. The molecule has 0 aromatic carbocycles. The summed E-state index contributed by atoms with van der Waals surface area (Å²) in [6.45, 7) is 3.60. The van der Waals surface area contributed by atoms with Crippen LogP contribution in [0.5, 0.6) is 0 Å². The number of hydrogen-bond acceptors (Lipinski definition) is 5. The molecule has 0 saturated carbocycles. The summed E-state index contributed by atoms with van der Waals surface area (Å²) in [4.78, 5) is 4.21. The first kappa shape index (κ1) is 16.1. The zero-order valence-electron chi connectivity index (χ0n) is 12.0. The van der Waals surface area contributed by atoms with Gasteiger partial charge in [0.15, 0.2) is 10.8 Å². The molecular weight excluding hydrogens is 353 g/mol. The molecule has 0 bridgehead atoms. The van der Waals surface area contributed by atoms with Gasteiger partial charge in [0.1, 0.15) is 5.76 Å². The molecule has 0 atom stereocenters. The molecule has 10 heteroatoms. The number of pyridine rings is 1. The Kier molecular flexibility index (Phi) is 4.01. The van der Waals surface area contributed by atoms with Crippen molar-refractivity contribution in [3.05, 3.63) is 40.2 Å². The van der Waals surface area contributed by atoms with Gasteiger partial charge in [-0.15, -0.1) is 10.2 Å². The Morgan fingerprint density at radius 3 is 2.65 bits per heavy atom. The van der Waals surface area contributed by atoms with Gasteiger partial charge in [0, 0.05) is 6.20 Å². The number of thioether (sulfide) groups is 1. The lowest BCUT2D eigenvalue weighted by Crippen LogP contribution is -2.07. The maximum Gasteiger partial charge on any atom is 0.417 e. The highest BCUT2D eigenvalue weighted by atomic mass is 35.5. The van der Waals surface area contributed by atoms with Crippen LogP contribution in [0.2, 0.25) is 5.02 Å². The fraction of sp³-hybridized carbons (Fsp3) is 0.308. The summed E-state index contributed by atoms with van der Waals surface area (Å²) >= 11 is 7.03. The van der Waals surface area contributed by atoms with E-state index in [0.29, 0.717) is 17.4 Å². The molecule has 0 aliphatic rings. The van der Waals surface area contributed by atoms with E-state index in [1.807, 2.05) is 6.92 Å². The quantitative estimate of drug-likeness (QED) is 0.650. The Labute approximate surface area is 137 Å². The van der Waals surface area contributed by atoms with E-state index in [1.165, 1.54) is 16.2 Å². The number of aromatic nitrogens is 4. The molecule has 0 fully saturated rings. The summed E-state index contributed by atoms with van der Waals surface area (Å²) < 4.78 is 45.3. The number of hydrogen-bond donors (Lipinski definition) is 0. The third-order valence-corrected chi connectivity index (χ3v) is 4.36. The van der Waals surface area contributed by atoms with Gasteiger partial charge in [0.2, 0.25) is 5.89 Å². The number of halogens is 4. The molecule has 0 saturated heterocycles. The predicted molar refractivity (Wildman–Crippen MR) is 78.5 cm³/mol. The van der Waals surface area contributed by atoms with Crippen LogP contribution in [0.4, 0.5) is 13.2 Å². The van der Waals surface area contributed by atoms with Gasteiger partial charge in [-0.1, -0.05) is 23.4 Å². The number of alkyl halides is 3. The van der Waals surface area contributed by atoms with Gasteiger partial charge in [0.25, 0.3) is 0 Å². The number of fused-ring (bicyclic) bond motifs is 1. The van der Waals surface area contributed by atoms with Crippen molar-refractivity contribution in [3.63, 3.8) is 0 Å². The van der Waals surface area contributed by atoms with Crippen molar-refractivity contribution >= 4 is 29.0 Å². The lowest BCUT2D eigenvalue weighted by atomic mass is 10.3. The van der Waals surface area contributed by atoms with E-state index in [2.05, 4.69) is 15.2 Å². The van der Waals surface area contributed by atoms with Gasteiger partial charge < -0.3 is 4.42 Å². The van der Waals surface area contributed by atoms with Gasteiger partial charge in [-0.2, -0.15) is 13.2 Å². The fourth-order valence-electron chi connectivity index (χ4n) is 1.91.